The molecule has 6 heteroatoms. The Balaban J connectivity index is 3.81. The van der Waals surface area contributed by atoms with E-state index in [1.807, 2.05) is 0 Å². The third-order valence-corrected chi connectivity index (χ3v) is 5.39. The van der Waals surface area contributed by atoms with E-state index in [0.717, 1.165) is 52.3 Å². The van der Waals surface area contributed by atoms with E-state index in [9.17, 15) is 5.11 Å². The van der Waals surface area contributed by atoms with Crippen LogP contribution in [0.4, 0.5) is 0 Å². The first-order valence-electron chi connectivity index (χ1n) is 11.2. The average Bonchev–Trinajstić information content (AvgIpc) is 2.65. The van der Waals surface area contributed by atoms with Gasteiger partial charge >= 0.3 is 0 Å². The van der Waals surface area contributed by atoms with Gasteiger partial charge in [0.05, 0.1) is 12.7 Å². The summed E-state index contributed by atoms with van der Waals surface area (Å²) in [7, 11) is 10.7. The van der Waals surface area contributed by atoms with Crippen molar-refractivity contribution >= 4 is 0 Å². The summed E-state index contributed by atoms with van der Waals surface area (Å²) in [6.07, 6.45) is 4.50. The Hall–Kier alpha value is -0.240. The van der Waals surface area contributed by atoms with Crippen LogP contribution in [0.1, 0.15) is 39.5 Å². The lowest BCUT2D eigenvalue weighted by molar-refractivity contribution is 0.00553. The number of rotatable bonds is 19. The van der Waals surface area contributed by atoms with E-state index < -0.39 is 6.10 Å². The van der Waals surface area contributed by atoms with Crippen molar-refractivity contribution in [2.24, 2.45) is 5.92 Å². The van der Waals surface area contributed by atoms with Crippen molar-refractivity contribution in [3.05, 3.63) is 0 Å². The maximum Gasteiger partial charge on any atom is 0.0900 e. The molecule has 0 saturated heterocycles. The molecular formula is C22H50N4O2. The van der Waals surface area contributed by atoms with Crippen molar-refractivity contribution in [2.45, 2.75) is 45.6 Å². The van der Waals surface area contributed by atoms with Crippen LogP contribution in [0.3, 0.4) is 0 Å². The number of aliphatic hydroxyl groups is 1. The second-order valence-electron chi connectivity index (χ2n) is 8.78. The summed E-state index contributed by atoms with van der Waals surface area (Å²) in [4.78, 5) is 9.17. The Bertz CT molecular complexity index is 344. The molecule has 0 fully saturated rings. The number of hydrogen-bond donors (Lipinski definition) is 1. The molecule has 0 aromatic rings. The van der Waals surface area contributed by atoms with Gasteiger partial charge in [0, 0.05) is 52.4 Å². The summed E-state index contributed by atoms with van der Waals surface area (Å²) in [5.74, 6) is 0.634. The summed E-state index contributed by atoms with van der Waals surface area (Å²) >= 11 is 0. The lowest BCUT2D eigenvalue weighted by Crippen LogP contribution is -2.39. The minimum atomic E-state index is -0.406. The zero-order valence-electron chi connectivity index (χ0n) is 20.0. The fraction of sp³-hybridized carbons (Fsp3) is 1.00. The molecule has 0 aliphatic heterocycles. The van der Waals surface area contributed by atoms with Gasteiger partial charge in [-0.15, -0.1) is 0 Å². The molecule has 2 unspecified atom stereocenters. The summed E-state index contributed by atoms with van der Waals surface area (Å²) < 4.78 is 5.78. The van der Waals surface area contributed by atoms with Crippen LogP contribution < -0.4 is 0 Å². The van der Waals surface area contributed by atoms with Gasteiger partial charge in [-0.1, -0.05) is 33.1 Å². The molecule has 0 aliphatic carbocycles. The van der Waals surface area contributed by atoms with E-state index in [0.29, 0.717) is 19.1 Å². The maximum absolute atomic E-state index is 10.2. The first-order valence-corrected chi connectivity index (χ1v) is 11.2. The molecule has 0 heterocycles. The maximum atomic E-state index is 10.2. The Kier molecular flexibility index (Phi) is 17.5. The van der Waals surface area contributed by atoms with Crippen LogP contribution >= 0.6 is 0 Å². The molecule has 6 nitrogen and oxygen atoms in total. The standard InChI is InChI=1S/C22H50N4O2/c1-8-10-11-21(9-2)19-28-20-22(27)18-26(7)17-16-25(6)15-14-24(5)13-12-23(3)4/h21-22,27H,8-20H2,1-7H3. The monoisotopic (exact) mass is 402 g/mol. The highest BCUT2D eigenvalue weighted by molar-refractivity contribution is 4.65. The van der Waals surface area contributed by atoms with Crippen LogP contribution in [-0.2, 0) is 4.74 Å². The Labute approximate surface area is 175 Å². The molecule has 1 N–H and O–H groups in total. The van der Waals surface area contributed by atoms with Crippen LogP contribution in [-0.4, -0.2) is 125 Å². The lowest BCUT2D eigenvalue weighted by Gasteiger charge is -2.26. The van der Waals surface area contributed by atoms with E-state index in [2.05, 4.69) is 68.7 Å². The fourth-order valence-electron chi connectivity index (χ4n) is 3.05. The second kappa shape index (κ2) is 17.6. The quantitative estimate of drug-likeness (QED) is 0.356. The number of likely N-dealkylation sites (N-methyl/N-ethyl adjacent to an activating group) is 4. The zero-order valence-corrected chi connectivity index (χ0v) is 20.0. The van der Waals surface area contributed by atoms with Gasteiger partial charge in [0.2, 0.25) is 0 Å². The van der Waals surface area contributed by atoms with E-state index >= 15 is 0 Å². The normalized spacial score (nSPS) is 14.6. The summed E-state index contributed by atoms with van der Waals surface area (Å²) in [6, 6.07) is 0. The van der Waals surface area contributed by atoms with Crippen molar-refractivity contribution in [1.82, 2.24) is 19.6 Å². The first-order chi connectivity index (χ1) is 13.3. The summed E-state index contributed by atoms with van der Waals surface area (Å²) in [5, 5.41) is 10.2. The number of aliphatic hydroxyl groups excluding tert-OH is 1. The highest BCUT2D eigenvalue weighted by atomic mass is 16.5. The van der Waals surface area contributed by atoms with Gasteiger partial charge in [-0.3, -0.25) is 0 Å². The van der Waals surface area contributed by atoms with Crippen LogP contribution in [0, 0.1) is 5.92 Å². The van der Waals surface area contributed by atoms with Crippen molar-refractivity contribution in [2.75, 3.05) is 94.3 Å². The highest BCUT2D eigenvalue weighted by Gasteiger charge is 2.12. The lowest BCUT2D eigenvalue weighted by atomic mass is 10.0. The molecule has 28 heavy (non-hydrogen) atoms. The number of nitrogens with zero attached hydrogens (tertiary/aromatic N) is 4. The van der Waals surface area contributed by atoms with Crippen molar-refractivity contribution in [3.8, 4) is 0 Å². The van der Waals surface area contributed by atoms with E-state index in [4.69, 9.17) is 4.74 Å². The molecule has 2 atom stereocenters. The van der Waals surface area contributed by atoms with Gasteiger partial charge in [0.1, 0.15) is 0 Å². The van der Waals surface area contributed by atoms with Crippen LogP contribution in [0.15, 0.2) is 0 Å². The van der Waals surface area contributed by atoms with Crippen molar-refractivity contribution in [1.29, 1.82) is 0 Å². The van der Waals surface area contributed by atoms with E-state index in [1.165, 1.54) is 19.3 Å². The largest absolute Gasteiger partial charge is 0.389 e. The van der Waals surface area contributed by atoms with E-state index in [-0.39, 0.29) is 0 Å². The SMILES string of the molecule is CCCCC(CC)COCC(O)CN(C)CCN(C)CCN(C)CCN(C)C. The second-order valence-corrected chi connectivity index (χ2v) is 8.78. The van der Waals surface area contributed by atoms with Gasteiger partial charge in [0.25, 0.3) is 0 Å². The van der Waals surface area contributed by atoms with Crippen molar-refractivity contribution in [3.63, 3.8) is 0 Å². The zero-order chi connectivity index (χ0) is 21.4. The minimum Gasteiger partial charge on any atom is -0.389 e. The Morgan fingerprint density at radius 1 is 0.750 bits per heavy atom. The van der Waals surface area contributed by atoms with Gasteiger partial charge in [-0.2, -0.15) is 0 Å². The summed E-state index contributed by atoms with van der Waals surface area (Å²) in [6.45, 7) is 12.7. The van der Waals surface area contributed by atoms with Gasteiger partial charge < -0.3 is 29.4 Å². The predicted molar refractivity (Wildman–Crippen MR) is 121 cm³/mol. The third-order valence-electron chi connectivity index (χ3n) is 5.39. The fourth-order valence-corrected chi connectivity index (χ4v) is 3.05. The molecule has 170 valence electrons. The molecule has 0 spiro atoms. The first kappa shape index (κ1) is 27.8. The van der Waals surface area contributed by atoms with E-state index in [1.54, 1.807) is 0 Å². The molecule has 0 bridgehead atoms. The topological polar surface area (TPSA) is 42.4 Å². The molecular weight excluding hydrogens is 352 g/mol. The number of unbranched alkanes of at least 4 members (excludes halogenated alkanes) is 1. The van der Waals surface area contributed by atoms with Crippen LogP contribution in [0.25, 0.3) is 0 Å². The van der Waals surface area contributed by atoms with Gasteiger partial charge in [-0.05, 0) is 47.6 Å². The molecule has 0 aliphatic rings. The minimum absolute atomic E-state index is 0.406. The third kappa shape index (κ3) is 16.7. The Morgan fingerprint density at radius 2 is 1.29 bits per heavy atom. The molecule has 0 aromatic heterocycles. The van der Waals surface area contributed by atoms with Crippen LogP contribution in [0.5, 0.6) is 0 Å². The molecule has 0 aromatic carbocycles. The molecule has 0 amide bonds. The Morgan fingerprint density at radius 3 is 1.79 bits per heavy atom. The van der Waals surface area contributed by atoms with Crippen molar-refractivity contribution < 1.29 is 9.84 Å². The van der Waals surface area contributed by atoms with Gasteiger partial charge in [0.15, 0.2) is 0 Å². The van der Waals surface area contributed by atoms with Crippen LogP contribution in [0.2, 0.25) is 0 Å². The smallest absolute Gasteiger partial charge is 0.0900 e. The molecule has 0 radical (unpaired) electrons. The summed E-state index contributed by atoms with van der Waals surface area (Å²) in [5.41, 5.74) is 0. The predicted octanol–water partition coefficient (Wildman–Crippen LogP) is 1.94. The van der Waals surface area contributed by atoms with Gasteiger partial charge in [-0.25, -0.2) is 0 Å². The molecule has 0 rings (SSSR count). The average molecular weight is 403 g/mol. The highest BCUT2D eigenvalue weighted by Crippen LogP contribution is 2.12. The number of hydrogen-bond acceptors (Lipinski definition) is 6. The number of ether oxygens (including phenoxy) is 1. The molecule has 0 saturated carbocycles.